The van der Waals surface area contributed by atoms with Crippen molar-refractivity contribution in [2.75, 3.05) is 31.9 Å². The summed E-state index contributed by atoms with van der Waals surface area (Å²) in [5.41, 5.74) is 2.71. The molecule has 0 aromatic heterocycles. The van der Waals surface area contributed by atoms with Crippen molar-refractivity contribution in [2.24, 2.45) is 4.99 Å². The van der Waals surface area contributed by atoms with Crippen LogP contribution in [-0.2, 0) is 10.8 Å². The summed E-state index contributed by atoms with van der Waals surface area (Å²) in [6.45, 7) is 11.4. The molecule has 0 saturated carbocycles. The molecule has 0 fully saturated rings. The number of halogens is 1. The molecule has 1 unspecified atom stereocenters. The van der Waals surface area contributed by atoms with Crippen molar-refractivity contribution < 1.29 is 4.21 Å². The van der Waals surface area contributed by atoms with Crippen LogP contribution in [0, 0.1) is 0 Å². The van der Waals surface area contributed by atoms with E-state index in [0.717, 1.165) is 32.0 Å². The Bertz CT molecular complexity index is 638. The van der Waals surface area contributed by atoms with Crippen LogP contribution in [0.25, 0.3) is 5.57 Å². The minimum absolute atomic E-state index is 0. The average molecular weight is 489 g/mol. The zero-order valence-electron chi connectivity index (χ0n) is 16.3. The highest BCUT2D eigenvalue weighted by molar-refractivity contribution is 14.0. The van der Waals surface area contributed by atoms with Gasteiger partial charge < -0.3 is 10.2 Å². The summed E-state index contributed by atoms with van der Waals surface area (Å²) in [6, 6.07) is 10.6. The van der Waals surface area contributed by atoms with Gasteiger partial charge in [0.1, 0.15) is 0 Å². The van der Waals surface area contributed by atoms with E-state index in [-0.39, 0.29) is 28.7 Å². The summed E-state index contributed by atoms with van der Waals surface area (Å²) < 4.78 is 12.0. The zero-order valence-corrected chi connectivity index (χ0v) is 19.5. The molecule has 1 atom stereocenters. The Morgan fingerprint density at radius 1 is 1.27 bits per heavy atom. The fourth-order valence-electron chi connectivity index (χ4n) is 2.74. The van der Waals surface area contributed by atoms with E-state index in [1.54, 1.807) is 0 Å². The third kappa shape index (κ3) is 7.02. The first-order valence-corrected chi connectivity index (χ1v) is 10.4. The molecule has 0 amide bonds. The lowest BCUT2D eigenvalue weighted by Gasteiger charge is -2.30. The van der Waals surface area contributed by atoms with Crippen LogP contribution in [0.3, 0.4) is 0 Å². The maximum atomic E-state index is 12.2. The van der Waals surface area contributed by atoms with Gasteiger partial charge in [-0.3, -0.25) is 9.20 Å². The van der Waals surface area contributed by atoms with Crippen molar-refractivity contribution in [1.29, 1.82) is 0 Å². The molecule has 2 rings (SSSR count). The minimum Gasteiger partial charge on any atom is -0.357 e. The number of benzene rings is 1. The first kappa shape index (κ1) is 23.1. The Balaban J connectivity index is 0.00000338. The fraction of sp³-hybridized carbons (Fsp3) is 0.550. The first-order chi connectivity index (χ1) is 11.9. The Kier molecular flexibility index (Phi) is 9.85. The largest absolute Gasteiger partial charge is 0.357 e. The summed E-state index contributed by atoms with van der Waals surface area (Å²) in [5.74, 6) is 1.54. The molecule has 146 valence electrons. The van der Waals surface area contributed by atoms with Crippen LogP contribution in [-0.4, -0.2) is 51.7 Å². The van der Waals surface area contributed by atoms with E-state index in [4.69, 9.17) is 4.99 Å². The highest BCUT2D eigenvalue weighted by Crippen LogP contribution is 2.22. The quantitative estimate of drug-likeness (QED) is 0.388. The normalized spacial score (nSPS) is 16.5. The van der Waals surface area contributed by atoms with Gasteiger partial charge in [-0.2, -0.15) is 0 Å². The molecule has 4 nitrogen and oxygen atoms in total. The Morgan fingerprint density at radius 3 is 2.50 bits per heavy atom. The number of guanidine groups is 1. The van der Waals surface area contributed by atoms with Gasteiger partial charge in [0.05, 0.1) is 6.54 Å². The van der Waals surface area contributed by atoms with Crippen LogP contribution in [0.2, 0.25) is 0 Å². The summed E-state index contributed by atoms with van der Waals surface area (Å²) in [4.78, 5) is 6.97. The van der Waals surface area contributed by atoms with Crippen LogP contribution >= 0.6 is 24.0 Å². The SMILES string of the molecule is CCNC(=NCCS(=O)C(C)(C)C)N1CC=C(c2ccccc2)CC1.I. The molecule has 1 aliphatic rings. The molecule has 26 heavy (non-hydrogen) atoms. The predicted molar refractivity (Wildman–Crippen MR) is 125 cm³/mol. The molecule has 0 bridgehead atoms. The molecule has 1 aromatic carbocycles. The molecular weight excluding hydrogens is 457 g/mol. The molecule has 0 saturated heterocycles. The van der Waals surface area contributed by atoms with Crippen LogP contribution in [0.5, 0.6) is 0 Å². The van der Waals surface area contributed by atoms with Crippen LogP contribution in [0.4, 0.5) is 0 Å². The van der Waals surface area contributed by atoms with Crippen molar-refractivity contribution in [1.82, 2.24) is 10.2 Å². The van der Waals surface area contributed by atoms with Crippen molar-refractivity contribution >= 4 is 46.3 Å². The number of nitrogens with one attached hydrogen (secondary N) is 1. The maximum absolute atomic E-state index is 12.2. The third-order valence-corrected chi connectivity index (χ3v) is 6.13. The standard InChI is InChI=1S/C20H31N3OS.HI/c1-5-21-19(22-13-16-25(24)20(2,3)4)23-14-11-18(12-15-23)17-9-7-6-8-10-17;/h6-11H,5,12-16H2,1-4H3,(H,21,22);1H. The second kappa shape index (κ2) is 11.1. The van der Waals surface area contributed by atoms with Gasteiger partial charge in [-0.05, 0) is 45.3 Å². The van der Waals surface area contributed by atoms with Gasteiger partial charge in [0.2, 0.25) is 0 Å². The smallest absolute Gasteiger partial charge is 0.194 e. The summed E-state index contributed by atoms with van der Waals surface area (Å²) >= 11 is 0. The van der Waals surface area contributed by atoms with E-state index in [2.05, 4.69) is 53.5 Å². The number of nitrogens with zero attached hydrogens (tertiary/aromatic N) is 2. The number of hydrogen-bond donors (Lipinski definition) is 1. The Morgan fingerprint density at radius 2 is 1.96 bits per heavy atom. The fourth-order valence-corrected chi connectivity index (χ4v) is 3.61. The maximum Gasteiger partial charge on any atom is 0.194 e. The summed E-state index contributed by atoms with van der Waals surface area (Å²) in [5, 5.41) is 3.37. The average Bonchev–Trinajstić information content (AvgIpc) is 2.61. The minimum atomic E-state index is -0.859. The van der Waals surface area contributed by atoms with Crippen molar-refractivity contribution in [2.45, 2.75) is 38.9 Å². The molecule has 0 spiro atoms. The highest BCUT2D eigenvalue weighted by Gasteiger charge is 2.19. The monoisotopic (exact) mass is 489 g/mol. The Hall–Kier alpha value is -0.890. The van der Waals surface area contributed by atoms with Gasteiger partial charge in [-0.25, -0.2) is 0 Å². The first-order valence-electron chi connectivity index (χ1n) is 9.08. The zero-order chi connectivity index (χ0) is 18.3. The van der Waals surface area contributed by atoms with E-state index in [9.17, 15) is 4.21 Å². The molecule has 0 radical (unpaired) electrons. The predicted octanol–water partition coefficient (Wildman–Crippen LogP) is 3.91. The van der Waals surface area contributed by atoms with Crippen LogP contribution in [0.1, 0.15) is 39.7 Å². The lowest BCUT2D eigenvalue weighted by Crippen LogP contribution is -2.43. The number of hydrogen-bond acceptors (Lipinski definition) is 2. The van der Waals surface area contributed by atoms with Crippen molar-refractivity contribution in [3.63, 3.8) is 0 Å². The second-order valence-corrected chi connectivity index (χ2v) is 9.51. The van der Waals surface area contributed by atoms with E-state index < -0.39 is 10.8 Å². The lowest BCUT2D eigenvalue weighted by atomic mass is 10.00. The summed E-state index contributed by atoms with van der Waals surface area (Å²) in [6.07, 6.45) is 3.31. The van der Waals surface area contributed by atoms with Crippen molar-refractivity contribution in [3.8, 4) is 0 Å². The van der Waals surface area contributed by atoms with Gasteiger partial charge in [0, 0.05) is 40.9 Å². The van der Waals surface area contributed by atoms with Crippen LogP contribution in [0.15, 0.2) is 41.4 Å². The van der Waals surface area contributed by atoms with E-state index >= 15 is 0 Å². The van der Waals surface area contributed by atoms with Gasteiger partial charge in [-0.15, -0.1) is 24.0 Å². The molecule has 1 aromatic rings. The third-order valence-electron chi connectivity index (χ3n) is 4.21. The van der Waals surface area contributed by atoms with Gasteiger partial charge in [0.25, 0.3) is 0 Å². The van der Waals surface area contributed by atoms with E-state index in [0.29, 0.717) is 12.3 Å². The topological polar surface area (TPSA) is 44.7 Å². The molecule has 0 aliphatic carbocycles. The Labute approximate surface area is 178 Å². The second-order valence-electron chi connectivity index (χ2n) is 7.19. The molecule has 1 aliphatic heterocycles. The van der Waals surface area contributed by atoms with Gasteiger partial charge in [0.15, 0.2) is 5.96 Å². The number of rotatable bonds is 5. The molecule has 1 N–H and O–H groups in total. The summed E-state index contributed by atoms with van der Waals surface area (Å²) in [7, 11) is -0.859. The van der Waals surface area contributed by atoms with E-state index in [1.165, 1.54) is 11.1 Å². The van der Waals surface area contributed by atoms with Crippen LogP contribution < -0.4 is 5.32 Å². The van der Waals surface area contributed by atoms with Crippen molar-refractivity contribution in [3.05, 3.63) is 42.0 Å². The molecule has 1 heterocycles. The molecular formula is C20H32IN3OS. The lowest BCUT2D eigenvalue weighted by molar-refractivity contribution is 0.440. The van der Waals surface area contributed by atoms with Gasteiger partial charge in [-0.1, -0.05) is 36.4 Å². The van der Waals surface area contributed by atoms with Gasteiger partial charge >= 0.3 is 0 Å². The highest BCUT2D eigenvalue weighted by atomic mass is 127. The molecule has 6 heteroatoms. The van der Waals surface area contributed by atoms with E-state index in [1.807, 2.05) is 20.8 Å². The number of aliphatic imine (C=N–C) groups is 1.